The van der Waals surface area contributed by atoms with Crippen LogP contribution in [0, 0.1) is 11.7 Å². The van der Waals surface area contributed by atoms with Gasteiger partial charge in [-0.05, 0) is 35.8 Å². The number of hydrogen-bond acceptors (Lipinski definition) is 1. The fraction of sp³-hybridized carbons (Fsp3) is 0.400. The van der Waals surface area contributed by atoms with E-state index in [4.69, 9.17) is 0 Å². The van der Waals surface area contributed by atoms with E-state index < -0.39 is 0 Å². The molecule has 0 aliphatic carbocycles. The second kappa shape index (κ2) is 4.51. The summed E-state index contributed by atoms with van der Waals surface area (Å²) in [6.45, 7) is 2.14. The summed E-state index contributed by atoms with van der Waals surface area (Å²) < 4.78 is 12.5. The molecule has 0 aliphatic rings. The summed E-state index contributed by atoms with van der Waals surface area (Å²) in [5, 5.41) is 0. The third-order valence-corrected chi connectivity index (χ3v) is 2.43. The van der Waals surface area contributed by atoms with Crippen LogP contribution in [0.2, 0.25) is 0 Å². The van der Waals surface area contributed by atoms with Gasteiger partial charge in [0.25, 0.3) is 0 Å². The Kier molecular flexibility index (Phi) is 3.60. The van der Waals surface area contributed by atoms with E-state index in [1.54, 1.807) is 0 Å². The molecule has 0 bridgehead atoms. The Morgan fingerprint density at radius 2 is 1.92 bits per heavy atom. The van der Waals surface area contributed by atoms with Crippen LogP contribution < -0.4 is 0 Å². The van der Waals surface area contributed by atoms with Crippen LogP contribution in [-0.2, 0) is 6.42 Å². The van der Waals surface area contributed by atoms with E-state index in [-0.39, 0.29) is 5.82 Å². The maximum Gasteiger partial charge on any atom is 0.123 e. The minimum Gasteiger partial charge on any atom is -0.207 e. The van der Waals surface area contributed by atoms with Crippen LogP contribution in [0.25, 0.3) is 0 Å². The predicted octanol–water partition coefficient (Wildman–Crippen LogP) is 2.93. The van der Waals surface area contributed by atoms with E-state index in [0.29, 0.717) is 5.92 Å². The molecule has 0 saturated carbocycles. The molecule has 1 unspecified atom stereocenters. The molecule has 0 fully saturated rings. The van der Waals surface area contributed by atoms with Crippen LogP contribution in [-0.4, -0.2) is 5.75 Å². The zero-order valence-corrected chi connectivity index (χ0v) is 8.02. The summed E-state index contributed by atoms with van der Waals surface area (Å²) in [5.41, 5.74) is 1.18. The highest BCUT2D eigenvalue weighted by atomic mass is 32.1. The summed E-state index contributed by atoms with van der Waals surface area (Å²) in [4.78, 5) is 0. The van der Waals surface area contributed by atoms with Crippen molar-refractivity contribution in [3.63, 3.8) is 0 Å². The van der Waals surface area contributed by atoms with Crippen molar-refractivity contribution >= 4 is 12.6 Å². The summed E-state index contributed by atoms with van der Waals surface area (Å²) in [5.74, 6) is 1.26. The van der Waals surface area contributed by atoms with Gasteiger partial charge in [0.15, 0.2) is 0 Å². The molecule has 0 spiro atoms. The summed E-state index contributed by atoms with van der Waals surface area (Å²) in [7, 11) is 0. The second-order valence-corrected chi connectivity index (χ2v) is 3.48. The van der Waals surface area contributed by atoms with E-state index in [0.717, 1.165) is 12.2 Å². The lowest BCUT2D eigenvalue weighted by molar-refractivity contribution is 0.622. The van der Waals surface area contributed by atoms with Crippen LogP contribution in [0.3, 0.4) is 0 Å². The summed E-state index contributed by atoms with van der Waals surface area (Å²) in [6.07, 6.45) is 0.976. The maximum atomic E-state index is 12.5. The Labute approximate surface area is 78.2 Å². The van der Waals surface area contributed by atoms with E-state index in [1.807, 2.05) is 12.1 Å². The monoisotopic (exact) mass is 184 g/mol. The van der Waals surface area contributed by atoms with Gasteiger partial charge < -0.3 is 0 Å². The van der Waals surface area contributed by atoms with Gasteiger partial charge in [-0.15, -0.1) is 0 Å². The van der Waals surface area contributed by atoms with Crippen LogP contribution in [0.4, 0.5) is 4.39 Å². The first-order valence-electron chi connectivity index (χ1n) is 4.07. The SMILES string of the molecule is CC(CS)Cc1ccc(F)cc1. The Morgan fingerprint density at radius 3 is 2.42 bits per heavy atom. The Bertz CT molecular complexity index is 230. The van der Waals surface area contributed by atoms with Crippen molar-refractivity contribution in [1.82, 2.24) is 0 Å². The molecule has 12 heavy (non-hydrogen) atoms. The zero-order valence-electron chi connectivity index (χ0n) is 7.13. The largest absolute Gasteiger partial charge is 0.207 e. The first kappa shape index (κ1) is 9.59. The Balaban J connectivity index is 2.58. The van der Waals surface area contributed by atoms with Gasteiger partial charge in [0.05, 0.1) is 0 Å². The standard InChI is InChI=1S/C10H13FS/c1-8(7-12)6-9-2-4-10(11)5-3-9/h2-5,8,12H,6-7H2,1H3. The van der Waals surface area contributed by atoms with Crippen LogP contribution in [0.5, 0.6) is 0 Å². The van der Waals surface area contributed by atoms with Crippen molar-refractivity contribution in [2.24, 2.45) is 5.92 Å². The highest BCUT2D eigenvalue weighted by Crippen LogP contribution is 2.10. The maximum absolute atomic E-state index is 12.5. The minimum absolute atomic E-state index is 0.169. The first-order chi connectivity index (χ1) is 5.72. The highest BCUT2D eigenvalue weighted by Gasteiger charge is 2.00. The predicted molar refractivity (Wildman–Crippen MR) is 53.1 cm³/mol. The molecular formula is C10H13FS. The molecule has 1 rings (SSSR count). The number of thiol groups is 1. The lowest BCUT2D eigenvalue weighted by Gasteiger charge is -2.06. The van der Waals surface area contributed by atoms with Gasteiger partial charge in [-0.25, -0.2) is 4.39 Å². The number of hydrogen-bond donors (Lipinski definition) is 1. The molecule has 0 aliphatic heterocycles. The van der Waals surface area contributed by atoms with E-state index in [1.165, 1.54) is 17.7 Å². The molecule has 66 valence electrons. The van der Waals surface area contributed by atoms with Crippen molar-refractivity contribution < 1.29 is 4.39 Å². The van der Waals surface area contributed by atoms with Crippen molar-refractivity contribution in [3.05, 3.63) is 35.6 Å². The lowest BCUT2D eigenvalue weighted by atomic mass is 10.0. The van der Waals surface area contributed by atoms with Gasteiger partial charge in [-0.3, -0.25) is 0 Å². The smallest absolute Gasteiger partial charge is 0.123 e. The van der Waals surface area contributed by atoms with E-state index in [9.17, 15) is 4.39 Å². The summed E-state index contributed by atoms with van der Waals surface area (Å²) in [6, 6.07) is 6.66. The quantitative estimate of drug-likeness (QED) is 0.686. The Morgan fingerprint density at radius 1 is 1.33 bits per heavy atom. The zero-order chi connectivity index (χ0) is 8.97. The van der Waals surface area contributed by atoms with Gasteiger partial charge in [-0.1, -0.05) is 19.1 Å². The molecule has 0 amide bonds. The van der Waals surface area contributed by atoms with Gasteiger partial charge >= 0.3 is 0 Å². The Hall–Kier alpha value is -0.500. The average Bonchev–Trinajstić information content (AvgIpc) is 2.09. The van der Waals surface area contributed by atoms with Crippen LogP contribution in [0.1, 0.15) is 12.5 Å². The first-order valence-corrected chi connectivity index (χ1v) is 4.71. The number of halogens is 1. The van der Waals surface area contributed by atoms with Gasteiger partial charge in [-0.2, -0.15) is 12.6 Å². The molecule has 0 N–H and O–H groups in total. The van der Waals surface area contributed by atoms with Gasteiger partial charge in [0, 0.05) is 0 Å². The third kappa shape index (κ3) is 2.86. The number of rotatable bonds is 3. The van der Waals surface area contributed by atoms with E-state index >= 15 is 0 Å². The van der Waals surface area contributed by atoms with Crippen molar-refractivity contribution in [2.45, 2.75) is 13.3 Å². The van der Waals surface area contributed by atoms with Crippen LogP contribution in [0.15, 0.2) is 24.3 Å². The second-order valence-electron chi connectivity index (χ2n) is 3.12. The molecular weight excluding hydrogens is 171 g/mol. The molecule has 0 saturated heterocycles. The van der Waals surface area contributed by atoms with Gasteiger partial charge in [0.1, 0.15) is 5.82 Å². The highest BCUT2D eigenvalue weighted by molar-refractivity contribution is 7.80. The van der Waals surface area contributed by atoms with E-state index in [2.05, 4.69) is 19.6 Å². The lowest BCUT2D eigenvalue weighted by Crippen LogP contribution is -2.00. The van der Waals surface area contributed by atoms with Crippen molar-refractivity contribution in [1.29, 1.82) is 0 Å². The average molecular weight is 184 g/mol. The fourth-order valence-corrected chi connectivity index (χ4v) is 1.22. The third-order valence-electron chi connectivity index (χ3n) is 1.81. The van der Waals surface area contributed by atoms with Crippen molar-refractivity contribution in [3.8, 4) is 0 Å². The van der Waals surface area contributed by atoms with Crippen LogP contribution >= 0.6 is 12.6 Å². The molecule has 0 nitrogen and oxygen atoms in total. The topological polar surface area (TPSA) is 0 Å². The molecule has 1 aromatic carbocycles. The molecule has 0 heterocycles. The molecule has 1 aromatic rings. The summed E-state index contributed by atoms with van der Waals surface area (Å²) >= 11 is 4.19. The molecule has 0 radical (unpaired) electrons. The minimum atomic E-state index is -0.169. The fourth-order valence-electron chi connectivity index (χ4n) is 1.09. The normalized spacial score (nSPS) is 12.9. The molecule has 1 atom stereocenters. The molecule has 0 aromatic heterocycles. The van der Waals surface area contributed by atoms with Gasteiger partial charge in [0.2, 0.25) is 0 Å². The molecule has 2 heteroatoms. The number of benzene rings is 1. The van der Waals surface area contributed by atoms with Crippen molar-refractivity contribution in [2.75, 3.05) is 5.75 Å².